The van der Waals surface area contributed by atoms with Crippen molar-refractivity contribution in [2.45, 2.75) is 44.6 Å². The van der Waals surface area contributed by atoms with Gasteiger partial charge in [0, 0.05) is 10.6 Å². The maximum Gasteiger partial charge on any atom is 0.324 e. The third-order valence-electron chi connectivity index (χ3n) is 3.10. The second-order valence-corrected chi connectivity index (χ2v) is 6.14. The Morgan fingerprint density at radius 1 is 1.42 bits per heavy atom. The molecule has 1 aromatic rings. The summed E-state index contributed by atoms with van der Waals surface area (Å²) in [4.78, 5) is 12.6. The van der Waals surface area contributed by atoms with Gasteiger partial charge in [0.15, 0.2) is 0 Å². The van der Waals surface area contributed by atoms with Crippen LogP contribution in [-0.4, -0.2) is 28.9 Å². The van der Waals surface area contributed by atoms with E-state index in [1.807, 2.05) is 6.92 Å². The first kappa shape index (κ1) is 16.1. The number of carboxylic acids is 1. The molecule has 3 nitrogen and oxygen atoms in total. The molecule has 1 atom stereocenters. The topological polar surface area (TPSA) is 49.3 Å². The van der Waals surface area contributed by atoms with Gasteiger partial charge in [-0.15, -0.1) is 11.8 Å². The molecule has 106 valence electrons. The van der Waals surface area contributed by atoms with E-state index in [1.54, 1.807) is 18.7 Å². The van der Waals surface area contributed by atoms with Crippen LogP contribution in [0.1, 0.15) is 31.4 Å². The maximum atomic E-state index is 11.4. The number of hydrogen-bond donors (Lipinski definition) is 2. The number of rotatable bonds is 7. The van der Waals surface area contributed by atoms with Crippen molar-refractivity contribution in [3.05, 3.63) is 29.3 Å². The van der Waals surface area contributed by atoms with Gasteiger partial charge in [-0.05, 0) is 45.4 Å². The summed E-state index contributed by atoms with van der Waals surface area (Å²) in [5.41, 5.74) is 1.52. The number of aliphatic carboxylic acids is 1. The second kappa shape index (κ2) is 6.96. The molecular formula is C15H23NO2S. The van der Waals surface area contributed by atoms with Gasteiger partial charge in [0.2, 0.25) is 0 Å². The lowest BCUT2D eigenvalue weighted by molar-refractivity contribution is -0.143. The van der Waals surface area contributed by atoms with Gasteiger partial charge in [-0.25, -0.2) is 0 Å². The molecule has 0 saturated heterocycles. The van der Waals surface area contributed by atoms with Crippen molar-refractivity contribution in [1.29, 1.82) is 0 Å². The lowest BCUT2D eigenvalue weighted by atomic mass is 10.1. The Kier molecular flexibility index (Phi) is 5.88. The van der Waals surface area contributed by atoms with Crippen molar-refractivity contribution in [1.82, 2.24) is 5.32 Å². The smallest absolute Gasteiger partial charge is 0.324 e. The predicted octanol–water partition coefficient (Wildman–Crippen LogP) is 3.24. The SMILES string of the molecule is CCCNC(C)(CSc1cc(C)ccc1C)C(=O)O. The quantitative estimate of drug-likeness (QED) is 0.753. The molecule has 1 unspecified atom stereocenters. The number of carboxylic acid groups (broad SMARTS) is 1. The van der Waals surface area contributed by atoms with E-state index >= 15 is 0 Å². The molecule has 0 bridgehead atoms. The zero-order chi connectivity index (χ0) is 14.5. The molecule has 0 fully saturated rings. The van der Waals surface area contributed by atoms with Gasteiger partial charge in [0.05, 0.1) is 0 Å². The first-order valence-electron chi connectivity index (χ1n) is 6.57. The maximum absolute atomic E-state index is 11.4. The molecule has 0 amide bonds. The molecule has 0 spiro atoms. The number of nitrogens with one attached hydrogen (secondary N) is 1. The molecule has 0 saturated carbocycles. The molecule has 2 N–H and O–H groups in total. The third-order valence-corrected chi connectivity index (χ3v) is 4.57. The zero-order valence-electron chi connectivity index (χ0n) is 12.1. The van der Waals surface area contributed by atoms with E-state index in [0.29, 0.717) is 5.75 Å². The van der Waals surface area contributed by atoms with E-state index in [2.05, 4.69) is 37.4 Å². The molecule has 0 aliphatic heterocycles. The molecule has 0 heterocycles. The fourth-order valence-corrected chi connectivity index (χ4v) is 2.91. The van der Waals surface area contributed by atoms with E-state index < -0.39 is 11.5 Å². The summed E-state index contributed by atoms with van der Waals surface area (Å²) in [5, 5.41) is 12.5. The van der Waals surface area contributed by atoms with Crippen LogP contribution in [0.3, 0.4) is 0 Å². The Bertz CT molecular complexity index is 448. The van der Waals surface area contributed by atoms with Crippen LogP contribution < -0.4 is 5.32 Å². The molecule has 0 aliphatic carbocycles. The molecule has 0 aliphatic rings. The standard InChI is InChI=1S/C15H23NO2S/c1-5-8-16-15(4,14(17)18)10-19-13-9-11(2)6-7-12(13)3/h6-7,9,16H,5,8,10H2,1-4H3,(H,17,18). The van der Waals surface area contributed by atoms with Gasteiger partial charge < -0.3 is 10.4 Å². The molecule has 0 aromatic heterocycles. The minimum atomic E-state index is -0.878. The van der Waals surface area contributed by atoms with Gasteiger partial charge in [0.25, 0.3) is 0 Å². The Labute approximate surface area is 119 Å². The highest BCUT2D eigenvalue weighted by molar-refractivity contribution is 7.99. The summed E-state index contributed by atoms with van der Waals surface area (Å²) in [7, 11) is 0. The Hall–Kier alpha value is -1.00. The van der Waals surface area contributed by atoms with Crippen LogP contribution in [0, 0.1) is 13.8 Å². The lowest BCUT2D eigenvalue weighted by Crippen LogP contribution is -2.51. The molecular weight excluding hydrogens is 258 g/mol. The second-order valence-electron chi connectivity index (χ2n) is 5.12. The first-order chi connectivity index (χ1) is 8.89. The van der Waals surface area contributed by atoms with E-state index in [4.69, 9.17) is 0 Å². The number of aryl methyl sites for hydroxylation is 2. The van der Waals surface area contributed by atoms with Crippen LogP contribution in [0.2, 0.25) is 0 Å². The zero-order valence-corrected chi connectivity index (χ0v) is 12.9. The Morgan fingerprint density at radius 3 is 2.68 bits per heavy atom. The molecule has 1 rings (SSSR count). The number of thioether (sulfide) groups is 1. The van der Waals surface area contributed by atoms with E-state index in [1.165, 1.54) is 11.1 Å². The van der Waals surface area contributed by atoms with Crippen molar-refractivity contribution in [3.8, 4) is 0 Å². The van der Waals surface area contributed by atoms with Gasteiger partial charge in [-0.1, -0.05) is 24.6 Å². The monoisotopic (exact) mass is 281 g/mol. The Morgan fingerprint density at radius 2 is 2.11 bits per heavy atom. The number of carbonyl (C=O) groups is 1. The van der Waals surface area contributed by atoms with Gasteiger partial charge in [0.1, 0.15) is 5.54 Å². The fraction of sp³-hybridized carbons (Fsp3) is 0.533. The summed E-state index contributed by atoms with van der Waals surface area (Å²) in [6, 6.07) is 6.27. The summed E-state index contributed by atoms with van der Waals surface area (Å²) in [6.07, 6.45) is 0.928. The van der Waals surface area contributed by atoms with Crippen molar-refractivity contribution in [2.24, 2.45) is 0 Å². The van der Waals surface area contributed by atoms with Crippen LogP contribution in [0.4, 0.5) is 0 Å². The van der Waals surface area contributed by atoms with Crippen LogP contribution in [0.5, 0.6) is 0 Å². The average Bonchev–Trinajstić information content (AvgIpc) is 2.37. The molecule has 4 heteroatoms. The van der Waals surface area contributed by atoms with Crippen LogP contribution >= 0.6 is 11.8 Å². The third kappa shape index (κ3) is 4.55. The highest BCUT2D eigenvalue weighted by Gasteiger charge is 2.32. The number of hydrogen-bond acceptors (Lipinski definition) is 3. The number of benzene rings is 1. The predicted molar refractivity (Wildman–Crippen MR) is 81.0 cm³/mol. The van der Waals surface area contributed by atoms with Gasteiger partial charge >= 0.3 is 5.97 Å². The van der Waals surface area contributed by atoms with E-state index in [0.717, 1.165) is 17.9 Å². The first-order valence-corrected chi connectivity index (χ1v) is 7.56. The normalized spacial score (nSPS) is 14.1. The van der Waals surface area contributed by atoms with Crippen molar-refractivity contribution in [2.75, 3.05) is 12.3 Å². The fourth-order valence-electron chi connectivity index (χ4n) is 1.67. The van der Waals surface area contributed by atoms with E-state index in [9.17, 15) is 9.90 Å². The van der Waals surface area contributed by atoms with Crippen LogP contribution in [0.15, 0.2) is 23.1 Å². The Balaban J connectivity index is 2.76. The van der Waals surface area contributed by atoms with Crippen molar-refractivity contribution >= 4 is 17.7 Å². The average molecular weight is 281 g/mol. The van der Waals surface area contributed by atoms with Gasteiger partial charge in [-0.3, -0.25) is 4.79 Å². The molecule has 0 radical (unpaired) electrons. The van der Waals surface area contributed by atoms with Crippen LogP contribution in [-0.2, 0) is 4.79 Å². The van der Waals surface area contributed by atoms with Gasteiger partial charge in [-0.2, -0.15) is 0 Å². The van der Waals surface area contributed by atoms with Crippen molar-refractivity contribution in [3.63, 3.8) is 0 Å². The largest absolute Gasteiger partial charge is 0.480 e. The minimum absolute atomic E-state index is 0.520. The van der Waals surface area contributed by atoms with E-state index in [-0.39, 0.29) is 0 Å². The molecule has 19 heavy (non-hydrogen) atoms. The molecule has 1 aromatic carbocycles. The lowest BCUT2D eigenvalue weighted by Gasteiger charge is -2.26. The summed E-state index contributed by atoms with van der Waals surface area (Å²) >= 11 is 1.60. The van der Waals surface area contributed by atoms with Crippen LogP contribution in [0.25, 0.3) is 0 Å². The van der Waals surface area contributed by atoms with Crippen molar-refractivity contribution < 1.29 is 9.90 Å². The summed E-state index contributed by atoms with van der Waals surface area (Å²) in [6.45, 7) is 8.61. The summed E-state index contributed by atoms with van der Waals surface area (Å²) < 4.78 is 0. The highest BCUT2D eigenvalue weighted by atomic mass is 32.2. The highest BCUT2D eigenvalue weighted by Crippen LogP contribution is 2.27. The minimum Gasteiger partial charge on any atom is -0.480 e. The summed E-state index contributed by atoms with van der Waals surface area (Å²) in [5.74, 6) is -0.272.